The lowest BCUT2D eigenvalue weighted by molar-refractivity contribution is 0.320. The van der Waals surface area contributed by atoms with Crippen molar-refractivity contribution in [3.8, 4) is 5.75 Å². The summed E-state index contributed by atoms with van der Waals surface area (Å²) in [5.74, 6) is 0.806. The Kier molecular flexibility index (Phi) is 5.80. The molecule has 0 aliphatic carbocycles. The number of ether oxygens (including phenoxy) is 1. The Morgan fingerprint density at radius 3 is 2.57 bits per heavy atom. The number of rotatable bonds is 7. The maximum Gasteiger partial charge on any atom is 0.240 e. The van der Waals surface area contributed by atoms with E-state index >= 15 is 0 Å². The molecule has 0 aliphatic heterocycles. The van der Waals surface area contributed by atoms with Gasteiger partial charge in [-0.05, 0) is 49.1 Å². The Labute approximate surface area is 138 Å². The number of hydrogen-bond donors (Lipinski definition) is 1. The summed E-state index contributed by atoms with van der Waals surface area (Å²) in [4.78, 5) is 0.325. The van der Waals surface area contributed by atoms with Crippen molar-refractivity contribution in [3.05, 3.63) is 59.2 Å². The molecule has 1 N–H and O–H groups in total. The van der Waals surface area contributed by atoms with E-state index in [0.717, 1.165) is 28.9 Å². The second kappa shape index (κ2) is 7.62. The van der Waals surface area contributed by atoms with Crippen molar-refractivity contribution in [2.24, 2.45) is 0 Å². The molecule has 124 valence electrons. The zero-order valence-electron chi connectivity index (χ0n) is 13.8. The minimum Gasteiger partial charge on any atom is -0.492 e. The first-order valence-corrected chi connectivity index (χ1v) is 9.20. The van der Waals surface area contributed by atoms with Crippen LogP contribution in [0.5, 0.6) is 5.75 Å². The van der Waals surface area contributed by atoms with E-state index in [4.69, 9.17) is 4.74 Å². The number of benzene rings is 2. The van der Waals surface area contributed by atoms with Gasteiger partial charge in [0.25, 0.3) is 0 Å². The van der Waals surface area contributed by atoms with Crippen LogP contribution < -0.4 is 9.46 Å². The monoisotopic (exact) mass is 333 g/mol. The molecule has 0 unspecified atom stereocenters. The number of aryl methyl sites for hydroxylation is 3. The normalized spacial score (nSPS) is 11.4. The fraction of sp³-hybridized carbons (Fsp3) is 0.333. The Balaban J connectivity index is 1.96. The van der Waals surface area contributed by atoms with Crippen molar-refractivity contribution in [2.75, 3.05) is 13.2 Å². The largest absolute Gasteiger partial charge is 0.492 e. The lowest BCUT2D eigenvalue weighted by atomic mass is 10.1. The molecule has 0 saturated heterocycles. The molecule has 2 aromatic rings. The third-order valence-corrected chi connectivity index (χ3v) is 5.24. The first-order chi connectivity index (χ1) is 10.9. The molecule has 5 heteroatoms. The predicted molar refractivity (Wildman–Crippen MR) is 92.4 cm³/mol. The Morgan fingerprint density at radius 2 is 1.83 bits per heavy atom. The van der Waals surface area contributed by atoms with Crippen LogP contribution in [0, 0.1) is 13.8 Å². The van der Waals surface area contributed by atoms with Gasteiger partial charge in [-0.2, -0.15) is 0 Å². The van der Waals surface area contributed by atoms with E-state index in [1.807, 2.05) is 43.3 Å². The molecule has 0 aromatic heterocycles. The van der Waals surface area contributed by atoms with Crippen LogP contribution in [-0.2, 0) is 16.4 Å². The Bertz CT molecular complexity index is 770. The van der Waals surface area contributed by atoms with Crippen LogP contribution in [0.2, 0.25) is 0 Å². The van der Waals surface area contributed by atoms with E-state index in [1.54, 1.807) is 13.0 Å². The third-order valence-electron chi connectivity index (χ3n) is 3.64. The second-order valence-electron chi connectivity index (χ2n) is 5.48. The summed E-state index contributed by atoms with van der Waals surface area (Å²) >= 11 is 0. The van der Waals surface area contributed by atoms with Gasteiger partial charge in [0.2, 0.25) is 10.0 Å². The fourth-order valence-corrected chi connectivity index (χ4v) is 3.69. The highest BCUT2D eigenvalue weighted by Gasteiger charge is 2.16. The molecule has 0 radical (unpaired) electrons. The molecule has 0 amide bonds. The zero-order valence-corrected chi connectivity index (χ0v) is 14.6. The number of nitrogens with one attached hydrogen (secondary N) is 1. The third kappa shape index (κ3) is 4.56. The van der Waals surface area contributed by atoms with E-state index < -0.39 is 10.0 Å². The van der Waals surface area contributed by atoms with Crippen LogP contribution in [0.1, 0.15) is 23.6 Å². The zero-order chi connectivity index (χ0) is 16.9. The van der Waals surface area contributed by atoms with Gasteiger partial charge in [-0.25, -0.2) is 13.1 Å². The molecule has 4 nitrogen and oxygen atoms in total. The van der Waals surface area contributed by atoms with Crippen molar-refractivity contribution in [1.82, 2.24) is 4.72 Å². The van der Waals surface area contributed by atoms with Gasteiger partial charge in [-0.3, -0.25) is 0 Å². The van der Waals surface area contributed by atoms with Crippen molar-refractivity contribution in [1.29, 1.82) is 0 Å². The number of hydrogen-bond acceptors (Lipinski definition) is 3. The lowest BCUT2D eigenvalue weighted by Crippen LogP contribution is -2.29. The highest BCUT2D eigenvalue weighted by atomic mass is 32.2. The van der Waals surface area contributed by atoms with Gasteiger partial charge in [0.1, 0.15) is 12.4 Å². The van der Waals surface area contributed by atoms with Crippen molar-refractivity contribution >= 4 is 10.0 Å². The molecule has 2 rings (SSSR count). The minimum atomic E-state index is -3.51. The molecule has 0 spiro atoms. The van der Waals surface area contributed by atoms with E-state index in [2.05, 4.69) is 11.6 Å². The van der Waals surface area contributed by atoms with Gasteiger partial charge in [0.05, 0.1) is 4.90 Å². The smallest absolute Gasteiger partial charge is 0.240 e. The van der Waals surface area contributed by atoms with Crippen LogP contribution in [0.4, 0.5) is 0 Å². The summed E-state index contributed by atoms with van der Waals surface area (Å²) < 4.78 is 33.0. The average molecular weight is 333 g/mol. The SMILES string of the molecule is CCc1ccccc1OCCNS(=O)(=O)c1cc(C)ccc1C. The van der Waals surface area contributed by atoms with Crippen molar-refractivity contribution in [2.45, 2.75) is 32.1 Å². The molecule has 2 aromatic carbocycles. The predicted octanol–water partition coefficient (Wildman–Crippen LogP) is 3.22. The van der Waals surface area contributed by atoms with Crippen LogP contribution in [0.15, 0.2) is 47.4 Å². The fourth-order valence-electron chi connectivity index (χ4n) is 2.35. The maximum absolute atomic E-state index is 12.4. The number of sulfonamides is 1. The summed E-state index contributed by atoms with van der Waals surface area (Å²) in [5.41, 5.74) is 2.77. The van der Waals surface area contributed by atoms with Crippen LogP contribution >= 0.6 is 0 Å². The maximum atomic E-state index is 12.4. The van der Waals surface area contributed by atoms with Crippen LogP contribution in [0.25, 0.3) is 0 Å². The van der Waals surface area contributed by atoms with E-state index in [1.165, 1.54) is 0 Å². The van der Waals surface area contributed by atoms with E-state index in [-0.39, 0.29) is 6.54 Å². The molecule has 23 heavy (non-hydrogen) atoms. The lowest BCUT2D eigenvalue weighted by Gasteiger charge is -2.12. The average Bonchev–Trinajstić information content (AvgIpc) is 2.54. The van der Waals surface area contributed by atoms with Gasteiger partial charge in [-0.15, -0.1) is 0 Å². The summed E-state index contributed by atoms with van der Waals surface area (Å²) in [7, 11) is -3.51. The summed E-state index contributed by atoms with van der Waals surface area (Å²) in [6.45, 7) is 6.26. The van der Waals surface area contributed by atoms with Crippen LogP contribution in [-0.4, -0.2) is 21.6 Å². The van der Waals surface area contributed by atoms with Gasteiger partial charge < -0.3 is 4.74 Å². The molecule has 0 fully saturated rings. The highest BCUT2D eigenvalue weighted by molar-refractivity contribution is 7.89. The number of para-hydroxylation sites is 1. The van der Waals surface area contributed by atoms with E-state index in [0.29, 0.717) is 11.5 Å². The van der Waals surface area contributed by atoms with Gasteiger partial charge in [-0.1, -0.05) is 37.3 Å². The Hall–Kier alpha value is -1.85. The van der Waals surface area contributed by atoms with Crippen molar-refractivity contribution in [3.63, 3.8) is 0 Å². The summed E-state index contributed by atoms with van der Waals surface area (Å²) in [6.07, 6.45) is 0.879. The summed E-state index contributed by atoms with van der Waals surface area (Å²) in [6, 6.07) is 13.2. The van der Waals surface area contributed by atoms with Crippen LogP contribution in [0.3, 0.4) is 0 Å². The highest BCUT2D eigenvalue weighted by Crippen LogP contribution is 2.18. The molecule has 0 heterocycles. The molecule has 0 aliphatic rings. The van der Waals surface area contributed by atoms with Gasteiger partial charge in [0.15, 0.2) is 0 Å². The molecule has 0 bridgehead atoms. The van der Waals surface area contributed by atoms with Gasteiger partial charge >= 0.3 is 0 Å². The molecule has 0 saturated carbocycles. The first-order valence-electron chi connectivity index (χ1n) is 7.71. The first kappa shape index (κ1) is 17.5. The standard InChI is InChI=1S/C18H23NO3S/c1-4-16-7-5-6-8-17(16)22-12-11-19-23(20,21)18-13-14(2)9-10-15(18)3/h5-10,13,19H,4,11-12H2,1-3H3. The minimum absolute atomic E-state index is 0.230. The van der Waals surface area contributed by atoms with Gasteiger partial charge in [0, 0.05) is 6.54 Å². The molecule has 0 atom stereocenters. The van der Waals surface area contributed by atoms with Crippen molar-refractivity contribution < 1.29 is 13.2 Å². The molecular formula is C18H23NO3S. The molecular weight excluding hydrogens is 310 g/mol. The quantitative estimate of drug-likeness (QED) is 0.792. The Morgan fingerprint density at radius 1 is 1.09 bits per heavy atom. The van der Waals surface area contributed by atoms with E-state index in [9.17, 15) is 8.42 Å². The topological polar surface area (TPSA) is 55.4 Å². The second-order valence-corrected chi connectivity index (χ2v) is 7.21. The summed E-state index contributed by atoms with van der Waals surface area (Å²) in [5, 5.41) is 0.